The highest BCUT2D eigenvalue weighted by Gasteiger charge is 2.44. The number of allylic oxidation sites excluding steroid dienone is 4. The second kappa shape index (κ2) is 31.9. The molecular weight excluding hydrogens is 640 g/mol. The van der Waals surface area contributed by atoms with Gasteiger partial charge in [0, 0.05) is 12.8 Å². The Hall–Kier alpha value is -1.82. The van der Waals surface area contributed by atoms with Gasteiger partial charge in [-0.3, -0.25) is 9.59 Å². The van der Waals surface area contributed by atoms with E-state index in [-0.39, 0.29) is 32.0 Å². The maximum absolute atomic E-state index is 12.7. The van der Waals surface area contributed by atoms with Crippen LogP contribution in [0.2, 0.25) is 0 Å². The summed E-state index contributed by atoms with van der Waals surface area (Å²) in [7, 11) is 0. The van der Waals surface area contributed by atoms with Crippen LogP contribution in [0.25, 0.3) is 0 Å². The summed E-state index contributed by atoms with van der Waals surface area (Å²) >= 11 is 0. The van der Waals surface area contributed by atoms with E-state index in [2.05, 4.69) is 38.2 Å². The summed E-state index contributed by atoms with van der Waals surface area (Å²) in [6.07, 6.45) is 24.7. The van der Waals surface area contributed by atoms with E-state index in [0.717, 1.165) is 64.2 Å². The van der Waals surface area contributed by atoms with Crippen molar-refractivity contribution in [2.75, 3.05) is 19.8 Å². The van der Waals surface area contributed by atoms with E-state index in [1.165, 1.54) is 64.2 Å². The Balaban J connectivity index is 2.40. The smallest absolute Gasteiger partial charge is 0.306 e. The van der Waals surface area contributed by atoms with Gasteiger partial charge >= 0.3 is 11.9 Å². The number of carbonyl (C=O) groups is 2. The topological polar surface area (TPSA) is 152 Å². The highest BCUT2D eigenvalue weighted by atomic mass is 16.7. The van der Waals surface area contributed by atoms with Crippen molar-refractivity contribution in [2.24, 2.45) is 0 Å². The molecule has 1 aliphatic rings. The highest BCUT2D eigenvalue weighted by molar-refractivity contribution is 5.70. The molecule has 0 amide bonds. The third-order valence-electron chi connectivity index (χ3n) is 9.07. The molecule has 10 heteroatoms. The van der Waals surface area contributed by atoms with Gasteiger partial charge in [0.2, 0.25) is 0 Å². The Bertz CT molecular complexity index is 876. The van der Waals surface area contributed by atoms with Crippen LogP contribution in [0.15, 0.2) is 24.3 Å². The van der Waals surface area contributed by atoms with Crippen LogP contribution >= 0.6 is 0 Å². The molecule has 0 saturated carbocycles. The van der Waals surface area contributed by atoms with E-state index in [1.807, 2.05) is 0 Å². The molecule has 50 heavy (non-hydrogen) atoms. The lowest BCUT2D eigenvalue weighted by atomic mass is 9.99. The quantitative estimate of drug-likeness (QED) is 0.0316. The van der Waals surface area contributed by atoms with Gasteiger partial charge in [0.25, 0.3) is 0 Å². The van der Waals surface area contributed by atoms with Crippen molar-refractivity contribution >= 4 is 11.9 Å². The number of rotatable bonds is 32. The zero-order valence-electron chi connectivity index (χ0n) is 31.4. The number of carbonyl (C=O) groups excluding carboxylic acids is 2. The van der Waals surface area contributed by atoms with Gasteiger partial charge in [0.05, 0.1) is 13.2 Å². The number of aliphatic hydroxyl groups excluding tert-OH is 4. The monoisotopic (exact) mass is 713 g/mol. The number of aliphatic hydroxyl groups is 4. The Morgan fingerprint density at radius 3 is 1.74 bits per heavy atom. The van der Waals surface area contributed by atoms with Gasteiger partial charge in [0.1, 0.15) is 31.0 Å². The number of esters is 2. The third kappa shape index (κ3) is 23.6. The van der Waals surface area contributed by atoms with Crippen molar-refractivity contribution in [3.8, 4) is 0 Å². The normalized spacial score (nSPS) is 21.6. The summed E-state index contributed by atoms with van der Waals surface area (Å²) in [6.45, 7) is 3.32. The molecule has 0 spiro atoms. The fourth-order valence-corrected chi connectivity index (χ4v) is 5.87. The number of hydrogen-bond donors (Lipinski definition) is 4. The van der Waals surface area contributed by atoms with Gasteiger partial charge in [0.15, 0.2) is 12.4 Å². The summed E-state index contributed by atoms with van der Waals surface area (Å²) in [5.74, 6) is -0.822. The zero-order chi connectivity index (χ0) is 36.7. The second-order valence-corrected chi connectivity index (χ2v) is 13.7. The molecule has 0 aromatic rings. The van der Waals surface area contributed by atoms with Crippen LogP contribution in [-0.2, 0) is 28.5 Å². The predicted octanol–water partition coefficient (Wildman–Crippen LogP) is 7.38. The second-order valence-electron chi connectivity index (χ2n) is 13.7. The summed E-state index contributed by atoms with van der Waals surface area (Å²) in [6, 6.07) is 0. The first-order valence-corrected chi connectivity index (χ1v) is 19.9. The van der Waals surface area contributed by atoms with Crippen LogP contribution in [0, 0.1) is 0 Å². The van der Waals surface area contributed by atoms with Crippen LogP contribution < -0.4 is 0 Å². The zero-order valence-corrected chi connectivity index (χ0v) is 31.4. The minimum absolute atomic E-state index is 0.216. The molecule has 1 fully saturated rings. The standard InChI is InChI=1S/C40H72O10/c1-3-5-7-9-11-13-15-17-19-21-23-25-27-29-36(43)49-33(32-48-40-39(46)38(45)37(44)34(30-41)50-40)31-47-35(42)28-26-24-22-20-18-16-14-12-10-8-6-4-2/h7,9,13,15,33-34,37-41,44-46H,3-6,8,10-12,14,16-32H2,1-2H3/b9-7-,15-13-. The molecule has 0 radical (unpaired) electrons. The first-order valence-electron chi connectivity index (χ1n) is 19.9. The van der Waals surface area contributed by atoms with E-state index in [4.69, 9.17) is 18.9 Å². The summed E-state index contributed by atoms with van der Waals surface area (Å²) in [5.41, 5.74) is 0. The average Bonchev–Trinajstić information content (AvgIpc) is 3.11. The van der Waals surface area contributed by atoms with Gasteiger partial charge < -0.3 is 39.4 Å². The minimum atomic E-state index is -1.59. The molecule has 1 rings (SSSR count). The van der Waals surface area contributed by atoms with Crippen LogP contribution in [0.4, 0.5) is 0 Å². The largest absolute Gasteiger partial charge is 0.462 e. The molecule has 0 bridgehead atoms. The lowest BCUT2D eigenvalue weighted by Gasteiger charge is -2.39. The van der Waals surface area contributed by atoms with Crippen molar-refractivity contribution in [3.05, 3.63) is 24.3 Å². The molecule has 6 atom stereocenters. The molecule has 1 heterocycles. The van der Waals surface area contributed by atoms with Gasteiger partial charge in [-0.1, -0.05) is 134 Å². The minimum Gasteiger partial charge on any atom is -0.462 e. The summed E-state index contributed by atoms with van der Waals surface area (Å²) < 4.78 is 22.0. The molecule has 1 saturated heterocycles. The van der Waals surface area contributed by atoms with Crippen LogP contribution in [0.5, 0.6) is 0 Å². The van der Waals surface area contributed by atoms with Crippen molar-refractivity contribution in [1.29, 1.82) is 0 Å². The molecule has 6 unspecified atom stereocenters. The van der Waals surface area contributed by atoms with E-state index < -0.39 is 49.4 Å². The van der Waals surface area contributed by atoms with Gasteiger partial charge in [-0.15, -0.1) is 0 Å². The lowest BCUT2D eigenvalue weighted by Crippen LogP contribution is -2.59. The van der Waals surface area contributed by atoms with Crippen molar-refractivity contribution in [3.63, 3.8) is 0 Å². The van der Waals surface area contributed by atoms with Crippen LogP contribution in [0.3, 0.4) is 0 Å². The number of hydrogen-bond acceptors (Lipinski definition) is 10. The molecule has 0 aliphatic carbocycles. The Kier molecular flexibility index (Phi) is 29.5. The third-order valence-corrected chi connectivity index (χ3v) is 9.07. The van der Waals surface area contributed by atoms with Gasteiger partial charge in [-0.25, -0.2) is 0 Å². The molecular formula is C40H72O10. The van der Waals surface area contributed by atoms with Crippen LogP contribution in [0.1, 0.15) is 162 Å². The van der Waals surface area contributed by atoms with Gasteiger partial charge in [-0.2, -0.15) is 0 Å². The predicted molar refractivity (Wildman–Crippen MR) is 196 cm³/mol. The van der Waals surface area contributed by atoms with E-state index in [0.29, 0.717) is 6.42 Å². The van der Waals surface area contributed by atoms with Crippen molar-refractivity contribution in [1.82, 2.24) is 0 Å². The fourth-order valence-electron chi connectivity index (χ4n) is 5.87. The maximum Gasteiger partial charge on any atom is 0.306 e. The summed E-state index contributed by atoms with van der Waals surface area (Å²) in [5, 5.41) is 39.9. The van der Waals surface area contributed by atoms with Crippen LogP contribution in [-0.4, -0.2) is 89.0 Å². The first-order chi connectivity index (χ1) is 24.3. The van der Waals surface area contributed by atoms with Gasteiger partial charge in [-0.05, 0) is 38.5 Å². The maximum atomic E-state index is 12.7. The first kappa shape index (κ1) is 46.2. The lowest BCUT2D eigenvalue weighted by molar-refractivity contribution is -0.305. The molecule has 10 nitrogen and oxygen atoms in total. The Morgan fingerprint density at radius 1 is 0.620 bits per heavy atom. The SMILES string of the molecule is CCC/C=C\C/C=C\CCCCCCCC(=O)OC(COC(=O)CCCCCCCCCCCCCC)COC1OC(CO)C(O)C(O)C1O. The number of ether oxygens (including phenoxy) is 4. The van der Waals surface area contributed by atoms with Crippen molar-refractivity contribution < 1.29 is 49.0 Å². The van der Waals surface area contributed by atoms with E-state index in [9.17, 15) is 30.0 Å². The molecule has 0 aromatic heterocycles. The van der Waals surface area contributed by atoms with E-state index in [1.54, 1.807) is 0 Å². The Labute approximate surface area is 303 Å². The van der Waals surface area contributed by atoms with E-state index >= 15 is 0 Å². The molecule has 292 valence electrons. The summed E-state index contributed by atoms with van der Waals surface area (Å²) in [4.78, 5) is 25.2. The number of unbranched alkanes of at least 4 members (excludes halogenated alkanes) is 17. The Morgan fingerprint density at radius 2 is 1.16 bits per heavy atom. The van der Waals surface area contributed by atoms with Crippen molar-refractivity contribution in [2.45, 2.75) is 198 Å². The molecule has 1 aliphatic heterocycles. The fraction of sp³-hybridized carbons (Fsp3) is 0.850. The molecule has 4 N–H and O–H groups in total. The average molecular weight is 713 g/mol. The molecule has 0 aromatic carbocycles. The highest BCUT2D eigenvalue weighted by Crippen LogP contribution is 2.22.